The van der Waals surface area contributed by atoms with Crippen molar-refractivity contribution >= 4 is 34.0 Å². The molecule has 0 aliphatic rings. The van der Waals surface area contributed by atoms with Gasteiger partial charge in [-0.25, -0.2) is 4.98 Å². The van der Waals surface area contributed by atoms with Crippen molar-refractivity contribution in [1.29, 1.82) is 0 Å². The van der Waals surface area contributed by atoms with Crippen LogP contribution in [0.15, 0.2) is 104 Å². The molecule has 0 fully saturated rings. The number of rotatable bonds is 6. The van der Waals surface area contributed by atoms with Crippen LogP contribution < -0.4 is 4.74 Å². The Morgan fingerprint density at radius 2 is 1.56 bits per heavy atom. The van der Waals surface area contributed by atoms with E-state index in [-0.39, 0.29) is 6.04 Å². The van der Waals surface area contributed by atoms with Crippen LogP contribution in [0, 0.1) is 10.1 Å². The maximum absolute atomic E-state index is 8.36. The van der Waals surface area contributed by atoms with Gasteiger partial charge >= 0.3 is 0 Å². The van der Waals surface area contributed by atoms with Crippen molar-refractivity contribution in [3.8, 4) is 5.75 Å². The fraction of sp³-hybridized carbons (Fsp3) is 0.0741. The first-order valence-electron chi connectivity index (χ1n) is 10.9. The van der Waals surface area contributed by atoms with Crippen LogP contribution in [0.1, 0.15) is 22.7 Å². The molecule has 182 valence electrons. The molecular formula is C27H21Cl2N3O4. The molecule has 5 rings (SSSR count). The molecule has 0 amide bonds. The van der Waals surface area contributed by atoms with Gasteiger partial charge in [0.25, 0.3) is 5.09 Å². The first kappa shape index (κ1) is 25.0. The molecule has 0 saturated heterocycles. The number of ether oxygens (including phenoxy) is 1. The van der Waals surface area contributed by atoms with Gasteiger partial charge in [0.05, 0.1) is 12.4 Å². The maximum Gasteiger partial charge on any atom is 0.291 e. The number of hydrogen-bond donors (Lipinski definition) is 1. The van der Waals surface area contributed by atoms with Crippen LogP contribution in [0.3, 0.4) is 0 Å². The van der Waals surface area contributed by atoms with Gasteiger partial charge in [-0.05, 0) is 52.2 Å². The summed E-state index contributed by atoms with van der Waals surface area (Å²) in [7, 11) is 0. The molecule has 9 heteroatoms. The molecule has 0 aliphatic carbocycles. The third-order valence-electron chi connectivity index (χ3n) is 5.55. The summed E-state index contributed by atoms with van der Waals surface area (Å²) < 4.78 is 8.07. The summed E-state index contributed by atoms with van der Waals surface area (Å²) in [6.07, 6.45) is 5.65. The smallest absolute Gasteiger partial charge is 0.291 e. The lowest BCUT2D eigenvalue weighted by Crippen LogP contribution is -2.10. The van der Waals surface area contributed by atoms with Crippen molar-refractivity contribution in [2.24, 2.45) is 0 Å². The summed E-state index contributed by atoms with van der Waals surface area (Å²) in [5, 5.41) is 17.3. The zero-order valence-corrected chi connectivity index (χ0v) is 20.4. The zero-order valence-electron chi connectivity index (χ0n) is 18.9. The molecule has 0 aliphatic heterocycles. The second-order valence-corrected chi connectivity index (χ2v) is 8.63. The molecule has 36 heavy (non-hydrogen) atoms. The van der Waals surface area contributed by atoms with Crippen molar-refractivity contribution < 1.29 is 15.0 Å². The Morgan fingerprint density at radius 3 is 2.19 bits per heavy atom. The Labute approximate surface area is 217 Å². The maximum atomic E-state index is 8.36. The topological polar surface area (TPSA) is 90.4 Å². The minimum atomic E-state index is -1.50. The van der Waals surface area contributed by atoms with Crippen LogP contribution in [0.5, 0.6) is 5.75 Å². The highest BCUT2D eigenvalue weighted by atomic mass is 35.5. The molecule has 1 aromatic heterocycles. The number of hydrogen-bond acceptors (Lipinski definition) is 4. The van der Waals surface area contributed by atoms with Crippen molar-refractivity contribution in [1.82, 2.24) is 9.55 Å². The van der Waals surface area contributed by atoms with E-state index in [0.717, 1.165) is 16.9 Å². The Hall–Kier alpha value is -4.07. The summed E-state index contributed by atoms with van der Waals surface area (Å²) >= 11 is 12.5. The minimum Gasteiger partial charge on any atom is -0.489 e. The fourth-order valence-corrected chi connectivity index (χ4v) is 4.42. The van der Waals surface area contributed by atoms with E-state index in [1.54, 1.807) is 6.20 Å². The van der Waals surface area contributed by atoms with Crippen LogP contribution in [0.4, 0.5) is 0 Å². The summed E-state index contributed by atoms with van der Waals surface area (Å²) in [5.74, 6) is 0.757. The number of benzene rings is 4. The van der Waals surface area contributed by atoms with E-state index in [0.29, 0.717) is 16.7 Å². The second kappa shape index (κ2) is 11.6. The van der Waals surface area contributed by atoms with Gasteiger partial charge in [-0.2, -0.15) is 0 Å². The molecule has 1 N–H and O–H groups in total. The lowest BCUT2D eigenvalue weighted by atomic mass is 9.96. The Bertz CT molecular complexity index is 1430. The molecule has 1 atom stereocenters. The monoisotopic (exact) mass is 521 g/mol. The van der Waals surface area contributed by atoms with Gasteiger partial charge in [-0.3, -0.25) is 0 Å². The Kier molecular flexibility index (Phi) is 8.05. The van der Waals surface area contributed by atoms with Gasteiger partial charge in [0.1, 0.15) is 12.4 Å². The third kappa shape index (κ3) is 6.13. The van der Waals surface area contributed by atoms with Crippen molar-refractivity contribution in [3.63, 3.8) is 0 Å². The van der Waals surface area contributed by atoms with E-state index in [1.807, 2.05) is 42.9 Å². The van der Waals surface area contributed by atoms with Crippen LogP contribution >= 0.6 is 23.2 Å². The van der Waals surface area contributed by atoms with Gasteiger partial charge in [-0.1, -0.05) is 77.8 Å². The molecule has 0 spiro atoms. The van der Waals surface area contributed by atoms with E-state index in [9.17, 15) is 0 Å². The van der Waals surface area contributed by atoms with Gasteiger partial charge in [0.15, 0.2) is 0 Å². The van der Waals surface area contributed by atoms with Crippen LogP contribution in [0.25, 0.3) is 10.8 Å². The second-order valence-electron chi connectivity index (χ2n) is 7.81. The van der Waals surface area contributed by atoms with Gasteiger partial charge in [0, 0.05) is 28.0 Å². The highest BCUT2D eigenvalue weighted by Crippen LogP contribution is 2.31. The predicted octanol–water partition coefficient (Wildman–Crippen LogP) is 7.21. The van der Waals surface area contributed by atoms with Gasteiger partial charge in [0.2, 0.25) is 0 Å². The predicted molar refractivity (Wildman–Crippen MR) is 139 cm³/mol. The van der Waals surface area contributed by atoms with Gasteiger partial charge < -0.3 is 14.5 Å². The van der Waals surface area contributed by atoms with Gasteiger partial charge in [-0.15, -0.1) is 10.1 Å². The Balaban J connectivity index is 0.000000709. The normalized spacial score (nSPS) is 11.4. The summed E-state index contributed by atoms with van der Waals surface area (Å²) in [5.41, 5.74) is 3.12. The molecular weight excluding hydrogens is 501 g/mol. The number of halogens is 2. The molecule has 0 bridgehead atoms. The summed E-state index contributed by atoms with van der Waals surface area (Å²) in [6.45, 7) is 0.313. The van der Waals surface area contributed by atoms with Crippen molar-refractivity contribution in [2.75, 3.05) is 0 Å². The standard InChI is InChI=1S/C27H20Cl2N2O.HNO3/c28-25-6-3-7-26(29)24(25)17-32-23-12-10-20(11-13-23)27(31-15-14-30-18-31)22-9-8-19-4-1-2-5-21(19)16-22;2-1(3)4/h1-16,18,27H,17H2;(H,2,3,4). The number of imidazole rings is 1. The third-order valence-corrected chi connectivity index (χ3v) is 6.26. The lowest BCUT2D eigenvalue weighted by molar-refractivity contribution is -0.742. The van der Waals surface area contributed by atoms with Crippen molar-refractivity contribution in [2.45, 2.75) is 12.6 Å². The molecule has 4 aromatic carbocycles. The summed E-state index contributed by atoms with van der Waals surface area (Å²) in [6, 6.07) is 28.6. The van der Waals surface area contributed by atoms with E-state index in [4.69, 9.17) is 43.3 Å². The average molecular weight is 522 g/mol. The van der Waals surface area contributed by atoms with E-state index in [2.05, 4.69) is 64.1 Å². The molecule has 0 radical (unpaired) electrons. The lowest BCUT2D eigenvalue weighted by Gasteiger charge is -2.21. The fourth-order valence-electron chi connectivity index (χ4n) is 3.91. The SMILES string of the molecule is Clc1cccc(Cl)c1COc1ccc(C(c2ccc3ccccc3c2)n2ccnc2)cc1.O=[N+]([O-])O. The number of nitrogens with zero attached hydrogens (tertiary/aromatic N) is 3. The first-order valence-corrected chi connectivity index (χ1v) is 11.6. The highest BCUT2D eigenvalue weighted by Gasteiger charge is 2.17. The number of fused-ring (bicyclic) bond motifs is 1. The highest BCUT2D eigenvalue weighted by molar-refractivity contribution is 6.35. The van der Waals surface area contributed by atoms with E-state index in [1.165, 1.54) is 16.3 Å². The first-order chi connectivity index (χ1) is 17.4. The minimum absolute atomic E-state index is 0.00849. The van der Waals surface area contributed by atoms with Crippen molar-refractivity contribution in [3.05, 3.63) is 141 Å². The van der Waals surface area contributed by atoms with E-state index < -0.39 is 5.09 Å². The van der Waals surface area contributed by atoms with Crippen LogP contribution in [-0.4, -0.2) is 19.8 Å². The van der Waals surface area contributed by atoms with Crippen LogP contribution in [0.2, 0.25) is 10.0 Å². The number of aromatic nitrogens is 2. The quantitative estimate of drug-likeness (QED) is 0.188. The zero-order chi connectivity index (χ0) is 25.5. The van der Waals surface area contributed by atoms with E-state index >= 15 is 0 Å². The molecule has 5 aromatic rings. The average Bonchev–Trinajstić information content (AvgIpc) is 3.39. The van der Waals surface area contributed by atoms with Crippen LogP contribution in [-0.2, 0) is 6.61 Å². The largest absolute Gasteiger partial charge is 0.489 e. The molecule has 1 unspecified atom stereocenters. The summed E-state index contributed by atoms with van der Waals surface area (Å²) in [4.78, 5) is 12.6. The molecule has 1 heterocycles. The molecule has 0 saturated carbocycles. The molecule has 7 nitrogen and oxygen atoms in total. The Morgan fingerprint density at radius 1 is 0.917 bits per heavy atom.